The average Bonchev–Trinajstić information content (AvgIpc) is 1.65. The standard InChI is InChI=1S/C135H75N9O2S/c1-2-15-104-103(14-1)106-17-9-16-105-101(60-61-108(104)126(105)106)95-50-58-102(96-56-69-122-120(75-96)143-134(146-122)90-42-30-80(31-43-90)114-65-53-86-37-36-85-52-64-113(137-127(85)128(86)138-114)79-28-24-77(25-29-79)100-57-48-84-35-34-82-10-7-11-83-49-59-107(100)125(84)124(82)83)111(73-95)117-67-55-98-74-110(109-62-68-115(140-132(109)131(98)141-117)81-32-40-89(41-33-81)133-142-118-18-3-5-20-121(118)145-133)94-47-46-92-70-91(44-45-93(92)71-94)76-22-26-78(27-23-76)112-63-51-87-38-39-88-54-66-116(139-130(88)129(87)136-112)97-12-8-13-99(72-97)135-144-119-19-4-6-21-123(119)147-135/h1-75H. The molecule has 1 aliphatic carbocycles. The summed E-state index contributed by atoms with van der Waals surface area (Å²) < 4.78 is 14.2. The summed E-state index contributed by atoms with van der Waals surface area (Å²) in [5.41, 5.74) is 38.6. The number of fused-ring (bicyclic) bond motifs is 16. The van der Waals surface area contributed by atoms with Crippen LogP contribution in [0.1, 0.15) is 0 Å². The third-order valence-corrected chi connectivity index (χ3v) is 31.1. The van der Waals surface area contributed by atoms with E-state index < -0.39 is 0 Å². The molecule has 0 amide bonds. The lowest BCUT2D eigenvalue weighted by molar-refractivity contribution is 0.619. The molecule has 0 radical (unpaired) electrons. The van der Waals surface area contributed by atoms with Gasteiger partial charge in [0.15, 0.2) is 11.2 Å². The van der Waals surface area contributed by atoms with E-state index in [0.717, 1.165) is 232 Å². The number of hydrogen-bond acceptors (Lipinski definition) is 12. The first-order valence-electron chi connectivity index (χ1n) is 49.5. The Labute approximate surface area is 844 Å². The van der Waals surface area contributed by atoms with Gasteiger partial charge in [-0.2, -0.15) is 0 Å². The Morgan fingerprint density at radius 1 is 0.156 bits per heavy atom. The van der Waals surface area contributed by atoms with Gasteiger partial charge in [-0.05, 0) is 265 Å². The molecule has 9 heterocycles. The van der Waals surface area contributed by atoms with Gasteiger partial charge in [-0.15, -0.1) is 11.3 Å². The smallest absolute Gasteiger partial charge is 0.227 e. The van der Waals surface area contributed by atoms with E-state index in [1.54, 1.807) is 11.3 Å². The summed E-state index contributed by atoms with van der Waals surface area (Å²) in [5, 5.41) is 19.4. The molecule has 0 unspecified atom stereocenters. The van der Waals surface area contributed by atoms with Gasteiger partial charge in [-0.1, -0.05) is 322 Å². The molecule has 0 aliphatic heterocycles. The van der Waals surface area contributed by atoms with Gasteiger partial charge in [0, 0.05) is 82.4 Å². The Bertz CT molecular complexity index is 10700. The van der Waals surface area contributed by atoms with Crippen molar-refractivity contribution in [3.63, 3.8) is 0 Å². The molecule has 147 heavy (non-hydrogen) atoms. The zero-order valence-electron chi connectivity index (χ0n) is 78.6. The number of nitrogens with zero attached hydrogens (tertiary/aromatic N) is 9. The Hall–Kier alpha value is -19.5. The van der Waals surface area contributed by atoms with Gasteiger partial charge in [-0.25, -0.2) is 44.9 Å². The maximum absolute atomic E-state index is 6.73. The summed E-state index contributed by atoms with van der Waals surface area (Å²) in [6.45, 7) is 0. The lowest BCUT2D eigenvalue weighted by Crippen LogP contribution is -1.95. The van der Waals surface area contributed by atoms with Gasteiger partial charge in [0.2, 0.25) is 11.8 Å². The van der Waals surface area contributed by atoms with E-state index in [0.29, 0.717) is 17.4 Å². The Kier molecular flexibility index (Phi) is 18.2. The number of para-hydroxylation sites is 3. The van der Waals surface area contributed by atoms with Crippen LogP contribution in [0.3, 0.4) is 0 Å². The number of oxazole rings is 2. The molecule has 0 spiro atoms. The van der Waals surface area contributed by atoms with E-state index in [1.165, 1.54) is 81.2 Å². The molecule has 0 N–H and O–H groups in total. The van der Waals surface area contributed by atoms with Crippen LogP contribution in [0.25, 0.3) is 331 Å². The topological polar surface area (TPSA) is 142 Å². The second-order valence-corrected chi connectivity index (χ2v) is 39.5. The van der Waals surface area contributed by atoms with E-state index in [1.807, 2.05) is 36.4 Å². The number of hydrogen-bond donors (Lipinski definition) is 0. The monoisotopic (exact) mass is 1890 g/mol. The van der Waals surface area contributed by atoms with Crippen molar-refractivity contribution in [1.29, 1.82) is 0 Å². The van der Waals surface area contributed by atoms with E-state index in [9.17, 15) is 0 Å². The fourth-order valence-electron chi connectivity index (χ4n) is 22.7. The number of pyridine rings is 6. The highest BCUT2D eigenvalue weighted by Crippen LogP contribution is 2.52. The lowest BCUT2D eigenvalue weighted by atomic mass is 9.89. The fraction of sp³-hybridized carbons (Fsp3) is 0. The molecule has 678 valence electrons. The van der Waals surface area contributed by atoms with Crippen molar-refractivity contribution >= 4 is 163 Å². The van der Waals surface area contributed by atoms with Crippen LogP contribution in [0.15, 0.2) is 464 Å². The summed E-state index contributed by atoms with van der Waals surface area (Å²) in [7, 11) is 0. The average molecular weight is 1890 g/mol. The van der Waals surface area contributed by atoms with Crippen LogP contribution in [-0.4, -0.2) is 44.9 Å². The van der Waals surface area contributed by atoms with Gasteiger partial charge in [0.1, 0.15) is 16.0 Å². The van der Waals surface area contributed by atoms with E-state index in [2.05, 4.69) is 419 Å². The van der Waals surface area contributed by atoms with Gasteiger partial charge >= 0.3 is 0 Å². The molecule has 0 bridgehead atoms. The summed E-state index contributed by atoms with van der Waals surface area (Å²) in [6.07, 6.45) is 0. The van der Waals surface area contributed by atoms with Crippen molar-refractivity contribution in [2.45, 2.75) is 0 Å². The molecule has 0 saturated heterocycles. The third kappa shape index (κ3) is 13.6. The first-order chi connectivity index (χ1) is 72.7. The van der Waals surface area contributed by atoms with Crippen LogP contribution >= 0.6 is 11.3 Å². The van der Waals surface area contributed by atoms with Crippen LogP contribution in [0.4, 0.5) is 0 Å². The maximum Gasteiger partial charge on any atom is 0.227 e. The Balaban J connectivity index is 0.477. The number of rotatable bonds is 14. The number of aromatic nitrogens is 9. The molecule has 12 heteroatoms. The van der Waals surface area contributed by atoms with Crippen LogP contribution in [-0.2, 0) is 0 Å². The van der Waals surface area contributed by atoms with Crippen LogP contribution in [0, 0.1) is 0 Å². The molecule has 0 saturated carbocycles. The van der Waals surface area contributed by atoms with Crippen molar-refractivity contribution in [3.8, 4) is 179 Å². The van der Waals surface area contributed by atoms with Gasteiger partial charge in [0.05, 0.1) is 77.5 Å². The van der Waals surface area contributed by atoms with Crippen molar-refractivity contribution < 1.29 is 8.83 Å². The minimum absolute atomic E-state index is 0.515. The maximum atomic E-state index is 6.73. The Morgan fingerprint density at radius 2 is 0.558 bits per heavy atom. The molecule has 1 aliphatic rings. The highest BCUT2D eigenvalue weighted by Gasteiger charge is 2.27. The molecule has 0 fully saturated rings. The summed E-state index contributed by atoms with van der Waals surface area (Å²) in [5.74, 6) is 1.08. The highest BCUT2D eigenvalue weighted by atomic mass is 32.1. The number of benzene rings is 21. The minimum atomic E-state index is 0.515. The molecular formula is C135H75N9O2S. The summed E-state index contributed by atoms with van der Waals surface area (Å²) in [4.78, 5) is 48.2. The molecular weight excluding hydrogens is 1810 g/mol. The van der Waals surface area contributed by atoms with Crippen LogP contribution in [0.5, 0.6) is 0 Å². The highest BCUT2D eigenvalue weighted by molar-refractivity contribution is 7.21. The molecule has 30 aromatic rings. The van der Waals surface area contributed by atoms with Crippen LogP contribution < -0.4 is 0 Å². The first-order valence-corrected chi connectivity index (χ1v) is 50.4. The SMILES string of the molecule is c1cc(-c2ccc3ccc4ccc(-c5ccc(-c6ccc7cc(-c8cc9ccc(-c%10cc(-c%11ccc%12c%13c(cccc%11%13)-c%11ccccc%11-%12)ccc%10-c%10ccc%11oc(-c%12ccc(-c%13ccc%14ccc%15ccc(-c%16ccc(-c%17ccc%18ccc%19cccc%20ccc%17c%18c%19%20)cc%16)nc%15c%14n%13)cc%12)nc%11c%10)nc9c9nc(-c%10ccc(-c%11nc%12ccccc%12o%11)cc%10)ccc89)ccc7c6)cc5)nc4c3n2)cc(-c2nc3ccccc3s2)c1. The molecule has 11 nitrogen and oxygen atoms in total. The normalized spacial score (nSPS) is 12.1. The summed E-state index contributed by atoms with van der Waals surface area (Å²) >= 11 is 1.71. The zero-order chi connectivity index (χ0) is 96.2. The first kappa shape index (κ1) is 82.2. The van der Waals surface area contributed by atoms with E-state index in [4.69, 9.17) is 53.7 Å². The van der Waals surface area contributed by atoms with Crippen molar-refractivity contribution in [2.75, 3.05) is 0 Å². The molecule has 31 rings (SSSR count). The molecule has 21 aromatic carbocycles. The van der Waals surface area contributed by atoms with Crippen molar-refractivity contribution in [2.24, 2.45) is 0 Å². The predicted molar refractivity (Wildman–Crippen MR) is 606 cm³/mol. The van der Waals surface area contributed by atoms with Gasteiger partial charge in [-0.3, -0.25) is 0 Å². The number of thiazole rings is 1. The van der Waals surface area contributed by atoms with Gasteiger partial charge < -0.3 is 8.83 Å². The van der Waals surface area contributed by atoms with Crippen molar-refractivity contribution in [1.82, 2.24) is 44.9 Å². The van der Waals surface area contributed by atoms with E-state index >= 15 is 0 Å². The minimum Gasteiger partial charge on any atom is -0.436 e. The Morgan fingerprint density at radius 3 is 1.22 bits per heavy atom. The molecule has 9 aromatic heterocycles. The largest absolute Gasteiger partial charge is 0.436 e. The molecule has 0 atom stereocenters. The van der Waals surface area contributed by atoms with E-state index in [-0.39, 0.29) is 0 Å². The third-order valence-electron chi connectivity index (χ3n) is 30.1. The summed E-state index contributed by atoms with van der Waals surface area (Å²) in [6, 6.07) is 163. The second kappa shape index (κ2) is 32.5. The predicted octanol–water partition coefficient (Wildman–Crippen LogP) is 36.1. The van der Waals surface area contributed by atoms with Crippen molar-refractivity contribution in [3.05, 3.63) is 455 Å². The quantitative estimate of drug-likeness (QED) is 0.0960. The van der Waals surface area contributed by atoms with Gasteiger partial charge in [0.25, 0.3) is 0 Å². The lowest BCUT2D eigenvalue weighted by Gasteiger charge is -2.16. The fourth-order valence-corrected chi connectivity index (χ4v) is 23.6. The van der Waals surface area contributed by atoms with Crippen LogP contribution in [0.2, 0.25) is 0 Å². The zero-order valence-corrected chi connectivity index (χ0v) is 79.4. The second-order valence-electron chi connectivity index (χ2n) is 38.5.